The van der Waals surface area contributed by atoms with Gasteiger partial charge >= 0.3 is 0 Å². The fraction of sp³-hybridized carbons (Fsp3) is 0.611. The highest BCUT2D eigenvalue weighted by Gasteiger charge is 2.57. The first-order valence-corrected chi connectivity index (χ1v) is 8.38. The highest BCUT2D eigenvalue weighted by atomic mass is 16.2. The first-order valence-electron chi connectivity index (χ1n) is 8.38. The average Bonchev–Trinajstić information content (AvgIpc) is 2.90. The van der Waals surface area contributed by atoms with Crippen LogP contribution in [0.15, 0.2) is 24.3 Å². The normalized spacial score (nSPS) is 45.3. The number of nitrogens with two attached hydrogens (primary N) is 1. The Morgan fingerprint density at radius 2 is 2.00 bits per heavy atom. The lowest BCUT2D eigenvalue weighted by molar-refractivity contribution is -0.127. The summed E-state index contributed by atoms with van der Waals surface area (Å²) in [5.41, 5.74) is 9.24. The van der Waals surface area contributed by atoms with Crippen LogP contribution < -0.4 is 11.1 Å². The summed E-state index contributed by atoms with van der Waals surface area (Å²) in [6.45, 7) is 0. The average molecular weight is 282 g/mol. The van der Waals surface area contributed by atoms with Gasteiger partial charge in [0.25, 0.3) is 0 Å². The number of benzene rings is 1. The second kappa shape index (κ2) is 4.10. The quantitative estimate of drug-likeness (QED) is 0.869. The zero-order chi connectivity index (χ0) is 14.1. The molecule has 0 aliphatic heterocycles. The van der Waals surface area contributed by atoms with Crippen molar-refractivity contribution in [3.63, 3.8) is 0 Å². The highest BCUT2D eigenvalue weighted by Crippen LogP contribution is 2.56. The summed E-state index contributed by atoms with van der Waals surface area (Å²) < 4.78 is 0. The molecule has 110 valence electrons. The molecule has 2 bridgehead atoms. The number of fused-ring (bicyclic) bond motifs is 5. The van der Waals surface area contributed by atoms with E-state index < -0.39 is 0 Å². The molecule has 4 aliphatic rings. The Bertz CT molecular complexity index is 611. The number of rotatable bonds is 2. The smallest absolute Gasteiger partial charge is 0.225 e. The number of carbonyl (C=O) groups is 1. The Kier molecular flexibility index (Phi) is 2.38. The van der Waals surface area contributed by atoms with Gasteiger partial charge in [-0.1, -0.05) is 24.3 Å². The van der Waals surface area contributed by atoms with Crippen molar-refractivity contribution in [3.8, 4) is 0 Å². The van der Waals surface area contributed by atoms with Crippen LogP contribution in [-0.4, -0.2) is 18.0 Å². The summed E-state index contributed by atoms with van der Waals surface area (Å²) in [5.74, 6) is 2.69. The molecule has 0 spiro atoms. The van der Waals surface area contributed by atoms with Crippen molar-refractivity contribution in [2.24, 2.45) is 29.4 Å². The molecule has 1 aromatic carbocycles. The third-order valence-corrected chi connectivity index (χ3v) is 6.63. The minimum Gasteiger partial charge on any atom is -0.352 e. The maximum Gasteiger partial charge on any atom is 0.225 e. The third kappa shape index (κ3) is 1.61. The molecular formula is C18H22N2O. The van der Waals surface area contributed by atoms with Crippen molar-refractivity contribution < 1.29 is 4.79 Å². The second-order valence-electron chi connectivity index (χ2n) is 7.56. The van der Waals surface area contributed by atoms with Crippen molar-refractivity contribution in [1.82, 2.24) is 5.32 Å². The lowest BCUT2D eigenvalue weighted by Gasteiger charge is -2.27. The van der Waals surface area contributed by atoms with Gasteiger partial charge in [-0.3, -0.25) is 4.79 Å². The molecule has 0 aromatic heterocycles. The molecule has 3 saturated carbocycles. The van der Waals surface area contributed by atoms with Crippen LogP contribution in [0.1, 0.15) is 36.3 Å². The van der Waals surface area contributed by atoms with E-state index in [0.29, 0.717) is 29.7 Å². The summed E-state index contributed by atoms with van der Waals surface area (Å²) in [4.78, 5) is 12.6. The fourth-order valence-electron chi connectivity index (χ4n) is 5.53. The van der Waals surface area contributed by atoms with E-state index in [2.05, 4.69) is 29.6 Å². The van der Waals surface area contributed by atoms with Crippen LogP contribution in [0.3, 0.4) is 0 Å². The Balaban J connectivity index is 1.30. The van der Waals surface area contributed by atoms with Gasteiger partial charge < -0.3 is 11.1 Å². The van der Waals surface area contributed by atoms with Crippen LogP contribution in [0.25, 0.3) is 0 Å². The molecule has 5 rings (SSSR count). The Hall–Kier alpha value is -1.35. The molecule has 0 saturated heterocycles. The van der Waals surface area contributed by atoms with E-state index in [1.54, 1.807) is 0 Å². The van der Waals surface area contributed by atoms with E-state index in [1.165, 1.54) is 30.4 Å². The standard InChI is InChI=1S/C18H22N2O/c19-16-11-6-5-10(7-11)14(16)18(21)20-17-13-8-9-3-1-2-4-12(9)15(13)17/h1-4,10-11,13-17H,5-8,19H2,(H,20,21). The molecule has 0 heterocycles. The van der Waals surface area contributed by atoms with Crippen LogP contribution in [0.5, 0.6) is 0 Å². The van der Waals surface area contributed by atoms with Crippen molar-refractivity contribution >= 4 is 5.91 Å². The van der Waals surface area contributed by atoms with Crippen LogP contribution in [-0.2, 0) is 11.2 Å². The molecule has 3 nitrogen and oxygen atoms in total. The van der Waals surface area contributed by atoms with Gasteiger partial charge in [0, 0.05) is 18.0 Å². The molecule has 1 amide bonds. The minimum atomic E-state index is 0.0836. The van der Waals surface area contributed by atoms with Gasteiger partial charge in [0.1, 0.15) is 0 Å². The molecule has 0 radical (unpaired) electrons. The molecule has 4 aliphatic carbocycles. The number of amides is 1. The lowest BCUT2D eigenvalue weighted by Crippen LogP contribution is -2.46. The third-order valence-electron chi connectivity index (χ3n) is 6.63. The second-order valence-corrected chi connectivity index (χ2v) is 7.56. The summed E-state index contributed by atoms with van der Waals surface area (Å²) in [6, 6.07) is 9.17. The van der Waals surface area contributed by atoms with E-state index in [0.717, 1.165) is 6.42 Å². The molecule has 3 heteroatoms. The Labute approximate surface area is 125 Å². The molecular weight excluding hydrogens is 260 g/mol. The first kappa shape index (κ1) is 12.2. The van der Waals surface area contributed by atoms with E-state index in [1.807, 2.05) is 0 Å². The molecule has 7 unspecified atom stereocenters. The summed E-state index contributed by atoms with van der Waals surface area (Å²) in [5, 5.41) is 3.34. The van der Waals surface area contributed by atoms with Crippen LogP contribution in [0, 0.1) is 23.7 Å². The topological polar surface area (TPSA) is 55.1 Å². The van der Waals surface area contributed by atoms with Crippen molar-refractivity contribution in [3.05, 3.63) is 35.4 Å². The van der Waals surface area contributed by atoms with E-state index >= 15 is 0 Å². The predicted octanol–water partition coefficient (Wildman–Crippen LogP) is 1.81. The van der Waals surface area contributed by atoms with E-state index in [4.69, 9.17) is 5.73 Å². The largest absolute Gasteiger partial charge is 0.352 e. The molecule has 3 N–H and O–H groups in total. The zero-order valence-corrected chi connectivity index (χ0v) is 12.2. The van der Waals surface area contributed by atoms with Gasteiger partial charge in [-0.15, -0.1) is 0 Å². The molecule has 1 aromatic rings. The van der Waals surface area contributed by atoms with Gasteiger partial charge in [0.2, 0.25) is 5.91 Å². The summed E-state index contributed by atoms with van der Waals surface area (Å²) >= 11 is 0. The monoisotopic (exact) mass is 282 g/mol. The van der Waals surface area contributed by atoms with Gasteiger partial charge in [-0.25, -0.2) is 0 Å². The Morgan fingerprint density at radius 1 is 1.19 bits per heavy atom. The molecule has 3 fully saturated rings. The lowest BCUT2D eigenvalue weighted by atomic mass is 9.84. The van der Waals surface area contributed by atoms with Crippen molar-refractivity contribution in [1.29, 1.82) is 0 Å². The van der Waals surface area contributed by atoms with Gasteiger partial charge in [-0.05, 0) is 54.6 Å². The highest BCUT2D eigenvalue weighted by molar-refractivity contribution is 5.81. The van der Waals surface area contributed by atoms with E-state index in [-0.39, 0.29) is 17.9 Å². The van der Waals surface area contributed by atoms with Gasteiger partial charge in [-0.2, -0.15) is 0 Å². The maximum absolute atomic E-state index is 12.6. The van der Waals surface area contributed by atoms with Crippen molar-refractivity contribution in [2.75, 3.05) is 0 Å². The molecule has 7 atom stereocenters. The first-order chi connectivity index (χ1) is 10.2. The SMILES string of the molecule is NC1C2CCC(C2)C1C(=O)NC1C2Cc3ccccc3C21. The van der Waals surface area contributed by atoms with Crippen molar-refractivity contribution in [2.45, 2.75) is 43.7 Å². The number of hydrogen-bond donors (Lipinski definition) is 2. The zero-order valence-electron chi connectivity index (χ0n) is 12.2. The summed E-state index contributed by atoms with van der Waals surface area (Å²) in [7, 11) is 0. The predicted molar refractivity (Wildman–Crippen MR) is 80.6 cm³/mol. The number of nitrogens with one attached hydrogen (secondary N) is 1. The van der Waals surface area contributed by atoms with Gasteiger partial charge in [0.05, 0.1) is 5.92 Å². The Morgan fingerprint density at radius 3 is 2.81 bits per heavy atom. The maximum atomic E-state index is 12.6. The minimum absolute atomic E-state index is 0.0836. The van der Waals surface area contributed by atoms with E-state index in [9.17, 15) is 4.79 Å². The van der Waals surface area contributed by atoms with Crippen LogP contribution in [0.2, 0.25) is 0 Å². The number of hydrogen-bond acceptors (Lipinski definition) is 2. The molecule has 21 heavy (non-hydrogen) atoms. The van der Waals surface area contributed by atoms with Gasteiger partial charge in [0.15, 0.2) is 0 Å². The fourth-order valence-corrected chi connectivity index (χ4v) is 5.53. The number of carbonyl (C=O) groups excluding carboxylic acids is 1. The summed E-state index contributed by atoms with van der Waals surface area (Å²) in [6.07, 6.45) is 4.75. The van der Waals surface area contributed by atoms with Crippen LogP contribution in [0.4, 0.5) is 0 Å². The van der Waals surface area contributed by atoms with Crippen LogP contribution >= 0.6 is 0 Å².